The monoisotopic (exact) mass is 462 g/mol. The van der Waals surface area contributed by atoms with E-state index >= 15 is 0 Å². The zero-order valence-corrected chi connectivity index (χ0v) is 20.1. The van der Waals surface area contributed by atoms with Gasteiger partial charge in [-0.15, -0.1) is 6.58 Å². The normalized spacial score (nSPS) is 30.3. The molecule has 3 saturated heterocycles. The molecule has 0 radical (unpaired) electrons. The molecule has 3 aliphatic heterocycles. The van der Waals surface area contributed by atoms with Crippen LogP contribution in [0.15, 0.2) is 25.3 Å². The van der Waals surface area contributed by atoms with Crippen LogP contribution in [0.5, 0.6) is 0 Å². The largest absolute Gasteiger partial charge is 0.461 e. The summed E-state index contributed by atoms with van der Waals surface area (Å²) in [6.45, 7) is 14.1. The molecule has 1 spiro atoms. The number of hydrogen-bond acceptors (Lipinski definition) is 6. The molecule has 8 nitrogen and oxygen atoms in total. The SMILES string of the molecule is C=CCOC(=O)[C@@H]1[C@H]2C(=O)N(CCCCCO)C(C(=O)N(CC=C)C(C)(C)C)C23CC[C@H]1O3. The predicted molar refractivity (Wildman–Crippen MR) is 123 cm³/mol. The Morgan fingerprint density at radius 3 is 2.61 bits per heavy atom. The van der Waals surface area contributed by atoms with Crippen LogP contribution in [0, 0.1) is 11.8 Å². The number of rotatable bonds is 11. The predicted octanol–water partition coefficient (Wildman–Crippen LogP) is 2.07. The molecule has 8 heteroatoms. The van der Waals surface area contributed by atoms with Gasteiger partial charge in [-0.2, -0.15) is 0 Å². The van der Waals surface area contributed by atoms with Gasteiger partial charge in [-0.25, -0.2) is 0 Å². The molecular weight excluding hydrogens is 424 g/mol. The molecule has 0 aliphatic carbocycles. The maximum atomic E-state index is 14.0. The third kappa shape index (κ3) is 4.47. The smallest absolute Gasteiger partial charge is 0.312 e. The molecular formula is C25H38N2O6. The van der Waals surface area contributed by atoms with Crippen molar-refractivity contribution in [2.24, 2.45) is 11.8 Å². The van der Waals surface area contributed by atoms with Gasteiger partial charge in [-0.1, -0.05) is 18.7 Å². The summed E-state index contributed by atoms with van der Waals surface area (Å²) in [5.41, 5.74) is -1.51. The molecule has 2 bridgehead atoms. The van der Waals surface area contributed by atoms with Gasteiger partial charge in [0.15, 0.2) is 0 Å². The maximum Gasteiger partial charge on any atom is 0.312 e. The second-order valence-corrected chi connectivity index (χ2v) is 10.2. The van der Waals surface area contributed by atoms with E-state index in [0.717, 1.165) is 6.42 Å². The molecule has 3 heterocycles. The summed E-state index contributed by atoms with van der Waals surface area (Å²) in [6, 6.07) is -0.800. The average molecular weight is 463 g/mol. The topological polar surface area (TPSA) is 96.4 Å². The lowest BCUT2D eigenvalue weighted by Crippen LogP contribution is -2.59. The number of hydrogen-bond donors (Lipinski definition) is 1. The van der Waals surface area contributed by atoms with Gasteiger partial charge in [-0.05, 0) is 52.9 Å². The van der Waals surface area contributed by atoms with E-state index in [1.54, 1.807) is 15.9 Å². The lowest BCUT2D eigenvalue weighted by atomic mass is 9.70. The molecule has 0 aromatic heterocycles. The number of likely N-dealkylation sites (tertiary alicyclic amines) is 1. The zero-order valence-electron chi connectivity index (χ0n) is 20.1. The van der Waals surface area contributed by atoms with E-state index in [-0.39, 0.29) is 25.0 Å². The van der Waals surface area contributed by atoms with Crippen LogP contribution in [-0.4, -0.2) is 82.3 Å². The fourth-order valence-corrected chi connectivity index (χ4v) is 5.72. The fraction of sp³-hybridized carbons (Fsp3) is 0.720. The van der Waals surface area contributed by atoms with E-state index in [4.69, 9.17) is 14.6 Å². The average Bonchev–Trinajstić information content (AvgIpc) is 3.39. The highest BCUT2D eigenvalue weighted by Gasteiger charge is 2.75. The minimum Gasteiger partial charge on any atom is -0.461 e. The Kier molecular flexibility index (Phi) is 7.69. The highest BCUT2D eigenvalue weighted by atomic mass is 16.6. The quantitative estimate of drug-likeness (QED) is 0.287. The molecule has 1 N–H and O–H groups in total. The summed E-state index contributed by atoms with van der Waals surface area (Å²) in [5.74, 6) is -2.31. The first kappa shape index (κ1) is 25.4. The molecule has 0 saturated carbocycles. The third-order valence-corrected chi connectivity index (χ3v) is 7.09. The minimum atomic E-state index is -1.03. The first-order valence-corrected chi connectivity index (χ1v) is 11.9. The zero-order chi connectivity index (χ0) is 24.4. The summed E-state index contributed by atoms with van der Waals surface area (Å²) in [6.07, 6.45) is 5.94. The fourth-order valence-electron chi connectivity index (χ4n) is 5.72. The maximum absolute atomic E-state index is 14.0. The molecule has 2 unspecified atom stereocenters. The summed E-state index contributed by atoms with van der Waals surface area (Å²) < 4.78 is 11.7. The Bertz CT molecular complexity index is 790. The second kappa shape index (κ2) is 9.97. The van der Waals surface area contributed by atoms with Crippen molar-refractivity contribution in [2.45, 2.75) is 76.2 Å². The van der Waals surface area contributed by atoms with Crippen molar-refractivity contribution >= 4 is 17.8 Å². The molecule has 184 valence electrons. The van der Waals surface area contributed by atoms with E-state index in [1.807, 2.05) is 20.8 Å². The van der Waals surface area contributed by atoms with Crippen LogP contribution in [0.4, 0.5) is 0 Å². The number of carbonyl (C=O) groups is 3. The highest BCUT2D eigenvalue weighted by molar-refractivity contribution is 5.98. The van der Waals surface area contributed by atoms with E-state index in [1.165, 1.54) is 6.08 Å². The third-order valence-electron chi connectivity index (χ3n) is 7.09. The van der Waals surface area contributed by atoms with Crippen molar-refractivity contribution in [3.8, 4) is 0 Å². The number of amides is 2. The van der Waals surface area contributed by atoms with E-state index < -0.39 is 41.1 Å². The standard InChI is InChI=1S/C25H38N2O6/c1-6-13-27(24(3,4)5)22(30)20-25-12-11-17(33-25)18(23(31)32-16-7-2)19(25)21(29)26(20)14-9-8-10-15-28/h6-7,17-20,28H,1-2,8-16H2,3-5H3/t17-,18+,19+,20?,25?/m1/s1. The Morgan fingerprint density at radius 2 is 2.00 bits per heavy atom. The van der Waals surface area contributed by atoms with Crippen LogP contribution in [0.25, 0.3) is 0 Å². The molecule has 5 atom stereocenters. The molecule has 3 fully saturated rings. The van der Waals surface area contributed by atoms with Crippen LogP contribution in [0.3, 0.4) is 0 Å². The van der Waals surface area contributed by atoms with Crippen molar-refractivity contribution in [1.82, 2.24) is 9.80 Å². The van der Waals surface area contributed by atoms with Crippen molar-refractivity contribution in [3.63, 3.8) is 0 Å². The molecule has 3 aliphatic rings. The lowest BCUT2D eigenvalue weighted by Gasteiger charge is -2.42. The number of aliphatic hydroxyl groups is 1. The second-order valence-electron chi connectivity index (χ2n) is 10.2. The van der Waals surface area contributed by atoms with Gasteiger partial charge in [0.25, 0.3) is 0 Å². The van der Waals surface area contributed by atoms with E-state index in [2.05, 4.69) is 13.2 Å². The van der Waals surface area contributed by atoms with Gasteiger partial charge in [0.1, 0.15) is 18.2 Å². The van der Waals surface area contributed by atoms with Gasteiger partial charge < -0.3 is 24.4 Å². The van der Waals surface area contributed by atoms with Crippen molar-refractivity contribution in [2.75, 3.05) is 26.3 Å². The van der Waals surface area contributed by atoms with E-state index in [9.17, 15) is 14.4 Å². The molecule has 33 heavy (non-hydrogen) atoms. The Balaban J connectivity index is 1.98. The van der Waals surface area contributed by atoms with Crippen LogP contribution < -0.4 is 0 Å². The van der Waals surface area contributed by atoms with Gasteiger partial charge in [0.2, 0.25) is 11.8 Å². The Labute approximate surface area is 196 Å². The number of esters is 1. The lowest BCUT2D eigenvalue weighted by molar-refractivity contribution is -0.155. The minimum absolute atomic E-state index is 0.0698. The number of unbranched alkanes of at least 4 members (excludes halogenated alkanes) is 2. The molecule has 0 aromatic rings. The van der Waals surface area contributed by atoms with Crippen LogP contribution in [-0.2, 0) is 23.9 Å². The summed E-state index contributed by atoms with van der Waals surface area (Å²) in [4.78, 5) is 44.0. The van der Waals surface area contributed by atoms with E-state index in [0.29, 0.717) is 38.8 Å². The highest BCUT2D eigenvalue weighted by Crippen LogP contribution is 2.59. The number of carbonyl (C=O) groups excluding carboxylic acids is 3. The number of nitrogens with zero attached hydrogens (tertiary/aromatic N) is 2. The van der Waals surface area contributed by atoms with Gasteiger partial charge in [0, 0.05) is 25.2 Å². The van der Waals surface area contributed by atoms with Crippen LogP contribution >= 0.6 is 0 Å². The van der Waals surface area contributed by atoms with Crippen molar-refractivity contribution < 1.29 is 29.0 Å². The van der Waals surface area contributed by atoms with Crippen LogP contribution in [0.1, 0.15) is 52.9 Å². The summed E-state index contributed by atoms with van der Waals surface area (Å²) in [7, 11) is 0. The Hall–Kier alpha value is -2.19. The molecule has 0 aromatic carbocycles. The number of aliphatic hydroxyl groups excluding tert-OH is 1. The summed E-state index contributed by atoms with van der Waals surface area (Å²) >= 11 is 0. The Morgan fingerprint density at radius 1 is 1.27 bits per heavy atom. The first-order chi connectivity index (χ1) is 15.6. The van der Waals surface area contributed by atoms with Gasteiger partial charge in [0.05, 0.1) is 17.9 Å². The van der Waals surface area contributed by atoms with Gasteiger partial charge >= 0.3 is 5.97 Å². The van der Waals surface area contributed by atoms with Gasteiger partial charge in [-0.3, -0.25) is 14.4 Å². The molecule has 2 amide bonds. The first-order valence-electron chi connectivity index (χ1n) is 11.9. The van der Waals surface area contributed by atoms with Crippen molar-refractivity contribution in [1.29, 1.82) is 0 Å². The number of fused-ring (bicyclic) bond motifs is 1. The van der Waals surface area contributed by atoms with Crippen LogP contribution in [0.2, 0.25) is 0 Å². The number of ether oxygens (including phenoxy) is 2. The summed E-state index contributed by atoms with van der Waals surface area (Å²) in [5, 5.41) is 9.13. The molecule has 3 rings (SSSR count). The van der Waals surface area contributed by atoms with Crippen molar-refractivity contribution in [3.05, 3.63) is 25.3 Å².